The van der Waals surface area contributed by atoms with Gasteiger partial charge in [-0.2, -0.15) is 18.4 Å². The summed E-state index contributed by atoms with van der Waals surface area (Å²) in [7, 11) is 0. The van der Waals surface area contributed by atoms with E-state index in [9.17, 15) is 33.3 Å². The number of hydrogen-bond donors (Lipinski definition) is 1. The summed E-state index contributed by atoms with van der Waals surface area (Å²) in [6.07, 6.45) is -3.39. The molecule has 0 aromatic heterocycles. The second-order valence-corrected chi connectivity index (χ2v) is 7.05. The van der Waals surface area contributed by atoms with Crippen LogP contribution in [0.3, 0.4) is 0 Å². The predicted octanol–water partition coefficient (Wildman–Crippen LogP) is 6.26. The molecule has 3 aromatic carbocycles. The molecule has 0 aliphatic rings. The number of nitro groups is 1. The summed E-state index contributed by atoms with van der Waals surface area (Å²) in [5.74, 6) is -0.850. The molecule has 1 N–H and O–H groups in total. The number of aryl methyl sites for hydroxylation is 1. The van der Waals surface area contributed by atoms with E-state index in [0.717, 1.165) is 11.6 Å². The first-order chi connectivity index (χ1) is 16.1. The van der Waals surface area contributed by atoms with E-state index in [4.69, 9.17) is 4.74 Å². The minimum absolute atomic E-state index is 0.114. The van der Waals surface area contributed by atoms with Crippen LogP contribution in [0.1, 0.15) is 16.7 Å². The highest BCUT2D eigenvalue weighted by atomic mass is 19.4. The lowest BCUT2D eigenvalue weighted by Crippen LogP contribution is -2.14. The van der Waals surface area contributed by atoms with Gasteiger partial charge < -0.3 is 10.1 Å². The molecule has 0 aliphatic carbocycles. The third kappa shape index (κ3) is 5.77. The molecule has 0 saturated heterocycles. The monoisotopic (exact) mass is 467 g/mol. The fourth-order valence-corrected chi connectivity index (χ4v) is 2.90. The van der Waals surface area contributed by atoms with Gasteiger partial charge >= 0.3 is 11.9 Å². The van der Waals surface area contributed by atoms with Gasteiger partial charge in [-0.05, 0) is 54.5 Å². The molecule has 1 amide bonds. The maximum Gasteiger partial charge on any atom is 0.416 e. The van der Waals surface area contributed by atoms with Crippen LogP contribution in [0.4, 0.5) is 24.5 Å². The molecule has 34 heavy (non-hydrogen) atoms. The lowest BCUT2D eigenvalue weighted by molar-refractivity contribution is -0.385. The van der Waals surface area contributed by atoms with Gasteiger partial charge in [0.15, 0.2) is 0 Å². The molecule has 0 bridgehead atoms. The topological polar surface area (TPSA) is 105 Å². The van der Waals surface area contributed by atoms with Crippen molar-refractivity contribution >= 4 is 23.4 Å². The maximum atomic E-state index is 12.8. The average molecular weight is 467 g/mol. The SMILES string of the molecule is Cc1ccccc1NC(=O)/C(C#N)=C\c1ccc(Oc2ccc(C(F)(F)F)cc2[N+](=O)[O-])cc1. The van der Waals surface area contributed by atoms with Crippen molar-refractivity contribution in [1.29, 1.82) is 5.26 Å². The van der Waals surface area contributed by atoms with Crippen molar-refractivity contribution in [2.24, 2.45) is 0 Å². The Morgan fingerprint density at radius 2 is 1.79 bits per heavy atom. The summed E-state index contributed by atoms with van der Waals surface area (Å²) >= 11 is 0. The summed E-state index contributed by atoms with van der Waals surface area (Å²) < 4.78 is 43.9. The van der Waals surface area contributed by atoms with Crippen molar-refractivity contribution in [3.8, 4) is 17.6 Å². The number of nitrogens with zero attached hydrogens (tertiary/aromatic N) is 2. The van der Waals surface area contributed by atoms with E-state index >= 15 is 0 Å². The molecule has 7 nitrogen and oxygen atoms in total. The van der Waals surface area contributed by atoms with E-state index in [-0.39, 0.29) is 17.1 Å². The van der Waals surface area contributed by atoms with Crippen LogP contribution in [0.15, 0.2) is 72.3 Å². The van der Waals surface area contributed by atoms with E-state index in [0.29, 0.717) is 23.4 Å². The fraction of sp³-hybridized carbons (Fsp3) is 0.0833. The highest BCUT2D eigenvalue weighted by molar-refractivity contribution is 6.09. The number of benzene rings is 3. The molecule has 0 saturated carbocycles. The summed E-state index contributed by atoms with van der Waals surface area (Å²) in [6, 6.07) is 16.7. The Hall–Kier alpha value is -4.65. The van der Waals surface area contributed by atoms with Crippen LogP contribution in [0.25, 0.3) is 6.08 Å². The van der Waals surface area contributed by atoms with Crippen LogP contribution >= 0.6 is 0 Å². The second kappa shape index (κ2) is 9.87. The van der Waals surface area contributed by atoms with E-state index < -0.39 is 28.3 Å². The van der Waals surface area contributed by atoms with Crippen molar-refractivity contribution < 1.29 is 27.6 Å². The molecular weight excluding hydrogens is 451 g/mol. The van der Waals surface area contributed by atoms with Crippen molar-refractivity contribution in [2.75, 3.05) is 5.32 Å². The van der Waals surface area contributed by atoms with Gasteiger partial charge in [0.1, 0.15) is 17.4 Å². The number of ether oxygens (including phenoxy) is 1. The molecule has 10 heteroatoms. The van der Waals surface area contributed by atoms with Crippen LogP contribution < -0.4 is 10.1 Å². The Morgan fingerprint density at radius 3 is 2.38 bits per heavy atom. The van der Waals surface area contributed by atoms with Gasteiger partial charge in [-0.1, -0.05) is 30.3 Å². The Bertz CT molecular complexity index is 1310. The molecular formula is C24H16F3N3O4. The predicted molar refractivity (Wildman–Crippen MR) is 118 cm³/mol. The molecule has 3 aromatic rings. The molecule has 0 heterocycles. The van der Waals surface area contributed by atoms with Crippen molar-refractivity contribution in [1.82, 2.24) is 0 Å². The van der Waals surface area contributed by atoms with Gasteiger partial charge in [-0.25, -0.2) is 0 Å². The number of anilines is 1. The number of carbonyl (C=O) groups excluding carboxylic acids is 1. The lowest BCUT2D eigenvalue weighted by atomic mass is 10.1. The highest BCUT2D eigenvalue weighted by Crippen LogP contribution is 2.37. The van der Waals surface area contributed by atoms with Crippen LogP contribution in [-0.2, 0) is 11.0 Å². The number of carbonyl (C=O) groups is 1. The summed E-state index contributed by atoms with van der Waals surface area (Å²) in [4.78, 5) is 22.7. The Balaban J connectivity index is 1.79. The van der Waals surface area contributed by atoms with Gasteiger partial charge in [0.2, 0.25) is 5.75 Å². The number of nitro benzene ring substituents is 1. The number of para-hydroxylation sites is 1. The van der Waals surface area contributed by atoms with Crippen molar-refractivity contribution in [3.05, 3.63) is 99.1 Å². The number of alkyl halides is 3. The van der Waals surface area contributed by atoms with Gasteiger partial charge in [-0.15, -0.1) is 0 Å². The average Bonchev–Trinajstić information content (AvgIpc) is 2.79. The molecule has 0 radical (unpaired) electrons. The quantitative estimate of drug-likeness (QED) is 0.199. The molecule has 0 atom stereocenters. The Kier molecular flexibility index (Phi) is 6.97. The smallest absolute Gasteiger partial charge is 0.416 e. The molecule has 0 spiro atoms. The minimum atomic E-state index is -4.73. The third-order valence-corrected chi connectivity index (χ3v) is 4.66. The van der Waals surface area contributed by atoms with Crippen molar-refractivity contribution in [2.45, 2.75) is 13.1 Å². The van der Waals surface area contributed by atoms with Crippen LogP contribution in [0, 0.1) is 28.4 Å². The van der Waals surface area contributed by atoms with Crippen molar-refractivity contribution in [3.63, 3.8) is 0 Å². The first kappa shape index (κ1) is 24.0. The number of amides is 1. The van der Waals surface area contributed by atoms with Gasteiger partial charge in [0, 0.05) is 11.8 Å². The third-order valence-electron chi connectivity index (χ3n) is 4.66. The first-order valence-corrected chi connectivity index (χ1v) is 9.71. The minimum Gasteiger partial charge on any atom is -0.450 e. The van der Waals surface area contributed by atoms with Crippen LogP contribution in [0.2, 0.25) is 0 Å². The van der Waals surface area contributed by atoms with Gasteiger partial charge in [0.25, 0.3) is 5.91 Å². The summed E-state index contributed by atoms with van der Waals surface area (Å²) in [5, 5.41) is 23.2. The number of halogens is 3. The molecule has 172 valence electrons. The van der Waals surface area contributed by atoms with Gasteiger partial charge in [-0.3, -0.25) is 14.9 Å². The van der Waals surface area contributed by atoms with Gasteiger partial charge in [0.05, 0.1) is 10.5 Å². The van der Waals surface area contributed by atoms with E-state index in [2.05, 4.69) is 5.32 Å². The molecule has 0 unspecified atom stereocenters. The highest BCUT2D eigenvalue weighted by Gasteiger charge is 2.33. The summed E-state index contributed by atoms with van der Waals surface area (Å²) in [5.41, 5.74) is -0.304. The zero-order chi connectivity index (χ0) is 24.9. The number of nitrogens with one attached hydrogen (secondary N) is 1. The second-order valence-electron chi connectivity index (χ2n) is 7.05. The normalized spacial score (nSPS) is 11.4. The van der Waals surface area contributed by atoms with E-state index in [1.54, 1.807) is 12.1 Å². The fourth-order valence-electron chi connectivity index (χ4n) is 2.90. The number of hydrogen-bond acceptors (Lipinski definition) is 5. The first-order valence-electron chi connectivity index (χ1n) is 9.71. The largest absolute Gasteiger partial charge is 0.450 e. The zero-order valence-corrected chi connectivity index (χ0v) is 17.6. The van der Waals surface area contributed by atoms with Crippen LogP contribution in [0.5, 0.6) is 11.5 Å². The Labute approximate surface area is 191 Å². The van der Waals surface area contributed by atoms with E-state index in [1.165, 1.54) is 30.3 Å². The standard InChI is InChI=1S/C24H16F3N3O4/c1-15-4-2-3-5-20(15)29-23(31)17(14-28)12-16-6-9-19(10-7-16)34-22-11-8-18(24(25,26)27)13-21(22)30(32)33/h2-13H,1H3,(H,29,31)/b17-12-. The molecule has 0 aliphatic heterocycles. The number of rotatable bonds is 6. The Morgan fingerprint density at radius 1 is 1.12 bits per heavy atom. The number of nitriles is 1. The lowest BCUT2D eigenvalue weighted by Gasteiger charge is -2.10. The summed E-state index contributed by atoms with van der Waals surface area (Å²) in [6.45, 7) is 1.81. The van der Waals surface area contributed by atoms with Crippen LogP contribution in [-0.4, -0.2) is 10.8 Å². The zero-order valence-electron chi connectivity index (χ0n) is 17.6. The molecule has 0 fully saturated rings. The maximum absolute atomic E-state index is 12.8. The van der Waals surface area contributed by atoms with E-state index in [1.807, 2.05) is 25.1 Å². The molecule has 3 rings (SSSR count).